The van der Waals surface area contributed by atoms with Crippen molar-refractivity contribution >= 4 is 5.96 Å². The lowest BCUT2D eigenvalue weighted by atomic mass is 10.3. The highest BCUT2D eigenvalue weighted by Gasteiger charge is 2.10. The fraction of sp³-hybridized carbons (Fsp3) is 0.667. The monoisotopic (exact) mass is 279 g/mol. The first-order chi connectivity index (χ1) is 9.71. The third kappa shape index (κ3) is 5.65. The van der Waals surface area contributed by atoms with Gasteiger partial charge in [-0.25, -0.2) is 0 Å². The Labute approximate surface area is 123 Å². The lowest BCUT2D eigenvalue weighted by Crippen LogP contribution is -2.46. The van der Waals surface area contributed by atoms with Gasteiger partial charge in [0.15, 0.2) is 5.96 Å². The molecule has 0 spiro atoms. The van der Waals surface area contributed by atoms with Gasteiger partial charge in [0.1, 0.15) is 0 Å². The molecule has 0 aliphatic heterocycles. The summed E-state index contributed by atoms with van der Waals surface area (Å²) < 4.78 is 2.15. The number of likely N-dealkylation sites (N-methyl/N-ethyl adjacent to an activating group) is 1. The maximum atomic E-state index is 4.26. The van der Waals surface area contributed by atoms with Crippen molar-refractivity contribution in [2.75, 3.05) is 33.2 Å². The number of aromatic nitrogens is 1. The van der Waals surface area contributed by atoms with E-state index in [0.717, 1.165) is 38.7 Å². The normalized spacial score (nSPS) is 13.6. The average Bonchev–Trinajstić information content (AvgIpc) is 2.97. The molecule has 1 aromatic rings. The van der Waals surface area contributed by atoms with Gasteiger partial charge < -0.3 is 15.2 Å². The van der Waals surface area contributed by atoms with Gasteiger partial charge in [0.25, 0.3) is 0 Å². The highest BCUT2D eigenvalue weighted by Crippen LogP contribution is 1.96. The molecule has 0 saturated heterocycles. The molecule has 0 amide bonds. The van der Waals surface area contributed by atoms with E-state index in [1.807, 2.05) is 19.2 Å². The van der Waals surface area contributed by atoms with E-state index in [2.05, 4.69) is 58.3 Å². The Morgan fingerprint density at radius 1 is 1.20 bits per heavy atom. The lowest BCUT2D eigenvalue weighted by molar-refractivity contribution is 0.231. The molecule has 0 aliphatic rings. The Balaban J connectivity index is 2.25. The summed E-state index contributed by atoms with van der Waals surface area (Å²) in [6.45, 7) is 11.5. The smallest absolute Gasteiger partial charge is 0.191 e. The summed E-state index contributed by atoms with van der Waals surface area (Å²) >= 11 is 0. The number of hydrogen-bond acceptors (Lipinski definition) is 2. The molecular formula is C15H29N5. The SMILES string of the molecule is CCN(CC)C(C)CNC(=NC)NCCn1cccc1. The van der Waals surface area contributed by atoms with Gasteiger partial charge in [-0.15, -0.1) is 0 Å². The van der Waals surface area contributed by atoms with Crippen LogP contribution in [0.5, 0.6) is 0 Å². The van der Waals surface area contributed by atoms with Gasteiger partial charge in [-0.3, -0.25) is 9.89 Å². The predicted molar refractivity (Wildman–Crippen MR) is 86.2 cm³/mol. The molecule has 1 aromatic heterocycles. The zero-order valence-corrected chi connectivity index (χ0v) is 13.3. The highest BCUT2D eigenvalue weighted by atomic mass is 15.2. The molecule has 1 unspecified atom stereocenters. The summed E-state index contributed by atoms with van der Waals surface area (Å²) in [5, 5.41) is 6.72. The van der Waals surface area contributed by atoms with Gasteiger partial charge in [-0.05, 0) is 32.1 Å². The number of nitrogens with one attached hydrogen (secondary N) is 2. The fourth-order valence-electron chi connectivity index (χ4n) is 2.26. The second kappa shape index (κ2) is 9.42. The van der Waals surface area contributed by atoms with Crippen LogP contribution in [0.25, 0.3) is 0 Å². The minimum absolute atomic E-state index is 0.507. The van der Waals surface area contributed by atoms with E-state index in [0.29, 0.717) is 6.04 Å². The zero-order chi connectivity index (χ0) is 14.8. The minimum Gasteiger partial charge on any atom is -0.355 e. The summed E-state index contributed by atoms with van der Waals surface area (Å²) in [5.41, 5.74) is 0. The maximum Gasteiger partial charge on any atom is 0.191 e. The van der Waals surface area contributed by atoms with Crippen molar-refractivity contribution in [3.05, 3.63) is 24.5 Å². The van der Waals surface area contributed by atoms with Gasteiger partial charge in [0, 0.05) is 45.1 Å². The molecule has 20 heavy (non-hydrogen) atoms. The van der Waals surface area contributed by atoms with E-state index in [1.54, 1.807) is 0 Å². The fourth-order valence-corrected chi connectivity index (χ4v) is 2.26. The van der Waals surface area contributed by atoms with E-state index < -0.39 is 0 Å². The van der Waals surface area contributed by atoms with Crippen LogP contribution >= 0.6 is 0 Å². The summed E-state index contributed by atoms with van der Waals surface area (Å²) in [6.07, 6.45) is 4.14. The zero-order valence-electron chi connectivity index (χ0n) is 13.3. The Kier molecular flexibility index (Phi) is 7.80. The van der Waals surface area contributed by atoms with E-state index >= 15 is 0 Å². The molecule has 1 heterocycles. The molecular weight excluding hydrogens is 250 g/mol. The van der Waals surface area contributed by atoms with Crippen LogP contribution in [0, 0.1) is 0 Å². The minimum atomic E-state index is 0.507. The van der Waals surface area contributed by atoms with Crippen molar-refractivity contribution in [3.63, 3.8) is 0 Å². The number of hydrogen-bond donors (Lipinski definition) is 2. The Morgan fingerprint density at radius 2 is 1.85 bits per heavy atom. The van der Waals surface area contributed by atoms with Crippen LogP contribution in [0.1, 0.15) is 20.8 Å². The van der Waals surface area contributed by atoms with Crippen LogP contribution in [0.3, 0.4) is 0 Å². The van der Waals surface area contributed by atoms with Crippen LogP contribution < -0.4 is 10.6 Å². The quantitative estimate of drug-likeness (QED) is 0.558. The van der Waals surface area contributed by atoms with Gasteiger partial charge in [-0.1, -0.05) is 13.8 Å². The molecule has 114 valence electrons. The summed E-state index contributed by atoms with van der Waals surface area (Å²) in [7, 11) is 1.81. The molecule has 2 N–H and O–H groups in total. The molecule has 5 heteroatoms. The van der Waals surface area contributed by atoms with Crippen molar-refractivity contribution in [2.24, 2.45) is 4.99 Å². The molecule has 0 aliphatic carbocycles. The molecule has 0 bridgehead atoms. The van der Waals surface area contributed by atoms with Crippen LogP contribution in [0.2, 0.25) is 0 Å². The van der Waals surface area contributed by atoms with E-state index in [4.69, 9.17) is 0 Å². The largest absolute Gasteiger partial charge is 0.355 e. The highest BCUT2D eigenvalue weighted by molar-refractivity contribution is 5.79. The molecule has 1 atom stereocenters. The number of aliphatic imine (C=N–C) groups is 1. The third-order valence-electron chi connectivity index (χ3n) is 3.55. The van der Waals surface area contributed by atoms with Crippen molar-refractivity contribution in [2.45, 2.75) is 33.4 Å². The van der Waals surface area contributed by atoms with E-state index in [9.17, 15) is 0 Å². The molecule has 0 aromatic carbocycles. The molecule has 0 saturated carbocycles. The summed E-state index contributed by atoms with van der Waals surface area (Å²) in [5.74, 6) is 0.871. The Bertz CT molecular complexity index is 368. The molecule has 0 radical (unpaired) electrons. The Morgan fingerprint density at radius 3 is 2.40 bits per heavy atom. The van der Waals surface area contributed by atoms with Crippen LogP contribution in [0.15, 0.2) is 29.5 Å². The summed E-state index contributed by atoms with van der Waals surface area (Å²) in [4.78, 5) is 6.69. The van der Waals surface area contributed by atoms with Crippen molar-refractivity contribution < 1.29 is 0 Å². The predicted octanol–water partition coefficient (Wildman–Crippen LogP) is 1.38. The molecule has 1 rings (SSSR count). The standard InChI is InChI=1S/C15H29N5/c1-5-20(6-2)14(3)13-18-15(16-4)17-9-12-19-10-7-8-11-19/h7-8,10-11,14H,5-6,9,12-13H2,1-4H3,(H2,16,17,18). The van der Waals surface area contributed by atoms with Crippen LogP contribution in [-0.2, 0) is 6.54 Å². The maximum absolute atomic E-state index is 4.26. The Hall–Kier alpha value is -1.49. The second-order valence-corrected chi connectivity index (χ2v) is 4.87. The van der Waals surface area contributed by atoms with Crippen LogP contribution in [0.4, 0.5) is 0 Å². The first-order valence-corrected chi connectivity index (χ1v) is 7.50. The molecule has 0 fully saturated rings. The molecule has 5 nitrogen and oxygen atoms in total. The van der Waals surface area contributed by atoms with Gasteiger partial charge >= 0.3 is 0 Å². The number of nitrogens with zero attached hydrogens (tertiary/aromatic N) is 3. The number of guanidine groups is 1. The topological polar surface area (TPSA) is 44.6 Å². The van der Waals surface area contributed by atoms with E-state index in [1.165, 1.54) is 0 Å². The van der Waals surface area contributed by atoms with Crippen molar-refractivity contribution in [3.8, 4) is 0 Å². The summed E-state index contributed by atoms with van der Waals surface area (Å²) in [6, 6.07) is 4.59. The van der Waals surface area contributed by atoms with Gasteiger partial charge in [-0.2, -0.15) is 0 Å². The second-order valence-electron chi connectivity index (χ2n) is 4.87. The van der Waals surface area contributed by atoms with Gasteiger partial charge in [0.05, 0.1) is 0 Å². The average molecular weight is 279 g/mol. The first-order valence-electron chi connectivity index (χ1n) is 7.50. The van der Waals surface area contributed by atoms with Crippen molar-refractivity contribution in [1.82, 2.24) is 20.1 Å². The van der Waals surface area contributed by atoms with E-state index in [-0.39, 0.29) is 0 Å². The lowest BCUT2D eigenvalue weighted by Gasteiger charge is -2.27. The first kappa shape index (κ1) is 16.6. The van der Waals surface area contributed by atoms with Gasteiger partial charge in [0.2, 0.25) is 0 Å². The van der Waals surface area contributed by atoms with Crippen LogP contribution in [-0.4, -0.2) is 54.7 Å². The third-order valence-corrected chi connectivity index (χ3v) is 3.55. The van der Waals surface area contributed by atoms with Crippen molar-refractivity contribution in [1.29, 1.82) is 0 Å². The number of rotatable bonds is 8.